The van der Waals surface area contributed by atoms with E-state index in [9.17, 15) is 4.79 Å². The highest BCUT2D eigenvalue weighted by Crippen LogP contribution is 2.36. The number of carbonyl (C=O) groups excluding carboxylic acids is 1. The topological polar surface area (TPSA) is 60.2 Å². The lowest BCUT2D eigenvalue weighted by Crippen LogP contribution is -2.31. The molecule has 1 atom stereocenters. The van der Waals surface area contributed by atoms with Crippen LogP contribution in [0.1, 0.15) is 35.7 Å². The normalized spacial score (nSPS) is 19.8. The van der Waals surface area contributed by atoms with Gasteiger partial charge in [-0.15, -0.1) is 0 Å². The second-order valence-electron chi connectivity index (χ2n) is 7.04. The SMILES string of the molecule is O=C(c1cnc2c(c1)ncn2C1CC1)N1CC[C@@H](Oc2ccccc2)C1. The number of nitrogens with zero attached hydrogens (tertiary/aromatic N) is 4. The molecule has 1 aliphatic carbocycles. The number of pyridine rings is 1. The molecule has 0 unspecified atom stereocenters. The molecule has 1 amide bonds. The summed E-state index contributed by atoms with van der Waals surface area (Å²) in [5, 5.41) is 0. The zero-order chi connectivity index (χ0) is 17.5. The molecule has 2 aromatic heterocycles. The maximum absolute atomic E-state index is 12.8. The van der Waals surface area contributed by atoms with Gasteiger partial charge in [0.05, 0.1) is 18.4 Å². The molecule has 3 aromatic rings. The fraction of sp³-hybridized carbons (Fsp3) is 0.350. The quantitative estimate of drug-likeness (QED) is 0.727. The molecule has 2 aliphatic rings. The average Bonchev–Trinajstić information content (AvgIpc) is 3.26. The van der Waals surface area contributed by atoms with Gasteiger partial charge >= 0.3 is 0 Å². The van der Waals surface area contributed by atoms with Crippen LogP contribution in [0, 0.1) is 0 Å². The molecule has 5 rings (SSSR count). The van der Waals surface area contributed by atoms with E-state index in [1.807, 2.05) is 47.6 Å². The summed E-state index contributed by atoms with van der Waals surface area (Å²) in [6, 6.07) is 12.1. The second kappa shape index (κ2) is 6.12. The Hall–Kier alpha value is -2.89. The smallest absolute Gasteiger partial charge is 0.255 e. The van der Waals surface area contributed by atoms with Gasteiger partial charge in [-0.3, -0.25) is 4.79 Å². The number of likely N-dealkylation sites (tertiary alicyclic amines) is 1. The lowest BCUT2D eigenvalue weighted by atomic mass is 10.2. The molecule has 1 saturated heterocycles. The first kappa shape index (κ1) is 15.4. The molecule has 1 saturated carbocycles. The van der Waals surface area contributed by atoms with E-state index in [0.717, 1.165) is 23.3 Å². The van der Waals surface area contributed by atoms with Gasteiger partial charge in [-0.25, -0.2) is 9.97 Å². The number of carbonyl (C=O) groups is 1. The maximum atomic E-state index is 12.8. The Morgan fingerprint density at radius 3 is 2.77 bits per heavy atom. The first-order valence-corrected chi connectivity index (χ1v) is 9.11. The van der Waals surface area contributed by atoms with Gasteiger partial charge in [-0.05, 0) is 31.0 Å². The number of rotatable bonds is 4. The van der Waals surface area contributed by atoms with Crippen LogP contribution in [0.3, 0.4) is 0 Å². The maximum Gasteiger partial charge on any atom is 0.255 e. The number of benzene rings is 1. The van der Waals surface area contributed by atoms with Crippen molar-refractivity contribution >= 4 is 17.1 Å². The second-order valence-corrected chi connectivity index (χ2v) is 7.04. The third kappa shape index (κ3) is 2.81. The highest BCUT2D eigenvalue weighted by molar-refractivity contribution is 5.96. The van der Waals surface area contributed by atoms with Crippen molar-refractivity contribution in [2.24, 2.45) is 0 Å². The largest absolute Gasteiger partial charge is 0.489 e. The Balaban J connectivity index is 1.30. The lowest BCUT2D eigenvalue weighted by Gasteiger charge is -2.17. The van der Waals surface area contributed by atoms with E-state index in [-0.39, 0.29) is 12.0 Å². The Bertz CT molecular complexity index is 949. The van der Waals surface area contributed by atoms with Gasteiger partial charge in [0.2, 0.25) is 0 Å². The number of fused-ring (bicyclic) bond motifs is 1. The van der Waals surface area contributed by atoms with Crippen molar-refractivity contribution in [3.63, 3.8) is 0 Å². The van der Waals surface area contributed by atoms with Gasteiger partial charge in [0.15, 0.2) is 5.65 Å². The summed E-state index contributed by atoms with van der Waals surface area (Å²) < 4.78 is 8.09. The molecule has 2 fully saturated rings. The van der Waals surface area contributed by atoms with Crippen molar-refractivity contribution in [1.29, 1.82) is 0 Å². The van der Waals surface area contributed by atoms with Crippen molar-refractivity contribution < 1.29 is 9.53 Å². The van der Waals surface area contributed by atoms with Crippen molar-refractivity contribution in [2.45, 2.75) is 31.4 Å². The molecule has 26 heavy (non-hydrogen) atoms. The highest BCUT2D eigenvalue weighted by Gasteiger charge is 2.29. The number of imidazole rings is 1. The molecule has 6 heteroatoms. The zero-order valence-electron chi connectivity index (χ0n) is 14.4. The molecule has 6 nitrogen and oxygen atoms in total. The Kier molecular flexibility index (Phi) is 3.62. The van der Waals surface area contributed by atoms with Crippen LogP contribution in [0.4, 0.5) is 0 Å². The van der Waals surface area contributed by atoms with Crippen LogP contribution in [0.5, 0.6) is 5.75 Å². The van der Waals surface area contributed by atoms with Gasteiger partial charge in [-0.2, -0.15) is 0 Å². The summed E-state index contributed by atoms with van der Waals surface area (Å²) >= 11 is 0. The molecule has 0 bridgehead atoms. The molecule has 0 N–H and O–H groups in total. The molecular formula is C20H20N4O2. The van der Waals surface area contributed by atoms with Gasteiger partial charge in [0.25, 0.3) is 5.91 Å². The minimum absolute atomic E-state index is 0.000432. The molecule has 3 heterocycles. The van der Waals surface area contributed by atoms with E-state index in [2.05, 4.69) is 14.5 Å². The first-order chi connectivity index (χ1) is 12.8. The van der Waals surface area contributed by atoms with Gasteiger partial charge in [0.1, 0.15) is 17.4 Å². The molecule has 0 radical (unpaired) electrons. The number of para-hydroxylation sites is 1. The van der Waals surface area contributed by atoms with E-state index >= 15 is 0 Å². The summed E-state index contributed by atoms with van der Waals surface area (Å²) in [5.74, 6) is 0.847. The van der Waals surface area contributed by atoms with Crippen LogP contribution in [-0.2, 0) is 0 Å². The summed E-state index contributed by atoms with van der Waals surface area (Å²) in [6.45, 7) is 1.30. The molecule has 1 aliphatic heterocycles. The van der Waals surface area contributed by atoms with Crippen LogP contribution < -0.4 is 4.74 Å². The highest BCUT2D eigenvalue weighted by atomic mass is 16.5. The Morgan fingerprint density at radius 1 is 1.12 bits per heavy atom. The van der Waals surface area contributed by atoms with Crippen molar-refractivity contribution in [2.75, 3.05) is 13.1 Å². The fourth-order valence-corrected chi connectivity index (χ4v) is 3.54. The summed E-state index contributed by atoms with van der Waals surface area (Å²) in [7, 11) is 0. The molecule has 1 aromatic carbocycles. The van der Waals surface area contributed by atoms with Gasteiger partial charge in [0, 0.05) is 25.2 Å². The number of hydrogen-bond acceptors (Lipinski definition) is 4. The van der Waals surface area contributed by atoms with E-state index in [4.69, 9.17) is 4.74 Å². The summed E-state index contributed by atoms with van der Waals surface area (Å²) in [5.41, 5.74) is 2.26. The third-order valence-electron chi connectivity index (χ3n) is 5.08. The van der Waals surface area contributed by atoms with E-state index in [1.165, 1.54) is 12.8 Å². The van der Waals surface area contributed by atoms with Crippen molar-refractivity contribution in [3.8, 4) is 5.75 Å². The molecular weight excluding hydrogens is 328 g/mol. The van der Waals surface area contributed by atoms with Gasteiger partial charge < -0.3 is 14.2 Å². The van der Waals surface area contributed by atoms with E-state index < -0.39 is 0 Å². The number of aromatic nitrogens is 3. The number of ether oxygens (including phenoxy) is 1. The predicted octanol–water partition coefficient (Wildman–Crippen LogP) is 3.06. The van der Waals surface area contributed by atoms with Crippen molar-refractivity contribution in [3.05, 3.63) is 54.5 Å². The van der Waals surface area contributed by atoms with E-state index in [0.29, 0.717) is 24.7 Å². The standard InChI is InChI=1S/C20H20N4O2/c25-20(23-9-8-17(12-23)26-16-4-2-1-3-5-16)14-10-18-19(21-11-14)24(13-22-18)15-6-7-15/h1-5,10-11,13,15,17H,6-9,12H2/t17-/m1/s1. The molecule has 0 spiro atoms. The zero-order valence-corrected chi connectivity index (χ0v) is 14.4. The predicted molar refractivity (Wildman–Crippen MR) is 97.2 cm³/mol. The Labute approximate surface area is 151 Å². The third-order valence-corrected chi connectivity index (χ3v) is 5.08. The molecule has 132 valence electrons. The average molecular weight is 348 g/mol. The summed E-state index contributed by atoms with van der Waals surface area (Å²) in [6.07, 6.45) is 6.76. The lowest BCUT2D eigenvalue weighted by molar-refractivity contribution is 0.0772. The number of amides is 1. The summed E-state index contributed by atoms with van der Waals surface area (Å²) in [4.78, 5) is 23.6. The first-order valence-electron chi connectivity index (χ1n) is 9.11. The minimum atomic E-state index is -0.000432. The Morgan fingerprint density at radius 2 is 1.96 bits per heavy atom. The minimum Gasteiger partial charge on any atom is -0.489 e. The van der Waals surface area contributed by atoms with Crippen LogP contribution in [-0.4, -0.2) is 44.5 Å². The van der Waals surface area contributed by atoms with Crippen LogP contribution in [0.2, 0.25) is 0 Å². The van der Waals surface area contributed by atoms with Crippen molar-refractivity contribution in [1.82, 2.24) is 19.4 Å². The van der Waals surface area contributed by atoms with E-state index in [1.54, 1.807) is 6.20 Å². The van der Waals surface area contributed by atoms with Crippen LogP contribution in [0.15, 0.2) is 48.9 Å². The fourth-order valence-electron chi connectivity index (χ4n) is 3.54. The van der Waals surface area contributed by atoms with Crippen LogP contribution in [0.25, 0.3) is 11.2 Å². The van der Waals surface area contributed by atoms with Gasteiger partial charge in [-0.1, -0.05) is 18.2 Å². The van der Waals surface area contributed by atoms with Crippen LogP contribution >= 0.6 is 0 Å². The monoisotopic (exact) mass is 348 g/mol. The number of hydrogen-bond donors (Lipinski definition) is 0.